The van der Waals surface area contributed by atoms with Crippen LogP contribution in [0.4, 0.5) is 0 Å². The van der Waals surface area contributed by atoms with Crippen LogP contribution >= 0.6 is 0 Å². The first-order valence-electron chi connectivity index (χ1n) is 3.19. The first-order valence-corrected chi connectivity index (χ1v) is 3.19. The minimum Gasteiger partial charge on any atom is -0.332 e. The lowest BCUT2D eigenvalue weighted by Gasteiger charge is -1.88. The third-order valence-electron chi connectivity index (χ3n) is 1.26. The van der Waals surface area contributed by atoms with Gasteiger partial charge in [0.2, 0.25) is 0 Å². The van der Waals surface area contributed by atoms with Gasteiger partial charge in [0.05, 0.1) is 0 Å². The maximum absolute atomic E-state index is 10.6. The highest BCUT2D eigenvalue weighted by atomic mass is 16.5. The second-order valence-corrected chi connectivity index (χ2v) is 2.05. The van der Waals surface area contributed by atoms with Crippen molar-refractivity contribution in [3.8, 4) is 11.6 Å². The van der Waals surface area contributed by atoms with E-state index in [4.69, 9.17) is 4.52 Å². The number of rotatable bonds is 1. The first-order chi connectivity index (χ1) is 5.86. The number of aromatic amines is 1. The molecular weight excluding hydrogens is 160 g/mol. The van der Waals surface area contributed by atoms with Gasteiger partial charge in [-0.1, -0.05) is 5.16 Å². The molecule has 60 valence electrons. The maximum Gasteiger partial charge on any atom is 0.278 e. The van der Waals surface area contributed by atoms with Gasteiger partial charge in [-0.2, -0.15) is 10.1 Å². The molecule has 0 radical (unpaired) electrons. The fraction of sp³-hybridized carbons (Fsp3) is 0. The molecule has 0 atom stereocenters. The van der Waals surface area contributed by atoms with Crippen LogP contribution in [0.15, 0.2) is 27.8 Å². The van der Waals surface area contributed by atoms with E-state index in [1.165, 1.54) is 18.5 Å². The van der Waals surface area contributed by atoms with Crippen molar-refractivity contribution >= 4 is 0 Å². The Morgan fingerprint density at radius 1 is 1.42 bits per heavy atom. The summed E-state index contributed by atoms with van der Waals surface area (Å²) in [6, 6.07) is 2.85. The highest BCUT2D eigenvalue weighted by molar-refractivity contribution is 5.43. The normalized spacial score (nSPS) is 10.0. The molecule has 2 heterocycles. The highest BCUT2D eigenvalue weighted by Crippen LogP contribution is 2.08. The molecule has 0 spiro atoms. The Morgan fingerprint density at radius 2 is 2.33 bits per heavy atom. The van der Waals surface area contributed by atoms with E-state index in [1.807, 2.05) is 0 Å². The van der Waals surface area contributed by atoms with Gasteiger partial charge in [-0.25, -0.2) is 5.10 Å². The van der Waals surface area contributed by atoms with Crippen LogP contribution in [0, 0.1) is 0 Å². The number of hydrogen-bond donors (Lipinski definition) is 1. The molecule has 0 unspecified atom stereocenters. The number of nitrogens with zero attached hydrogens (tertiary/aromatic N) is 3. The molecule has 0 bridgehead atoms. The predicted octanol–water partition coefficient (Wildman–Crippen LogP) is -0.180. The van der Waals surface area contributed by atoms with Gasteiger partial charge in [0.15, 0.2) is 6.33 Å². The van der Waals surface area contributed by atoms with Crippen molar-refractivity contribution in [2.75, 3.05) is 0 Å². The molecule has 1 N–H and O–H groups in total. The molecule has 0 saturated heterocycles. The Kier molecular flexibility index (Phi) is 1.44. The Morgan fingerprint density at radius 3 is 2.92 bits per heavy atom. The van der Waals surface area contributed by atoms with E-state index >= 15 is 0 Å². The van der Waals surface area contributed by atoms with Crippen molar-refractivity contribution in [1.82, 2.24) is 20.3 Å². The average Bonchev–Trinajstić information content (AvgIpc) is 2.58. The van der Waals surface area contributed by atoms with Crippen LogP contribution in [0.3, 0.4) is 0 Å². The summed E-state index contributed by atoms with van der Waals surface area (Å²) in [5.74, 6) is 0.284. The van der Waals surface area contributed by atoms with E-state index in [0.717, 1.165) is 0 Å². The molecule has 6 heteroatoms. The topological polar surface area (TPSA) is 84.7 Å². The van der Waals surface area contributed by atoms with Crippen LogP contribution in [0.25, 0.3) is 11.6 Å². The van der Waals surface area contributed by atoms with Crippen LogP contribution in [0.2, 0.25) is 0 Å². The standard InChI is InChI=1S/C6H4N4O2/c11-5-2-1-4(9-10-5)6-7-3-8-12-6/h1-3H,(H,10,11). The smallest absolute Gasteiger partial charge is 0.278 e. The fourth-order valence-electron chi connectivity index (χ4n) is 0.750. The average molecular weight is 164 g/mol. The Balaban J connectivity index is 2.49. The van der Waals surface area contributed by atoms with Gasteiger partial charge < -0.3 is 4.52 Å². The third kappa shape index (κ3) is 1.09. The monoisotopic (exact) mass is 164 g/mol. The zero-order valence-corrected chi connectivity index (χ0v) is 5.89. The van der Waals surface area contributed by atoms with E-state index < -0.39 is 0 Å². The SMILES string of the molecule is O=c1ccc(-c2ncno2)n[nH]1. The Bertz CT molecular complexity index is 399. The van der Waals surface area contributed by atoms with Crippen molar-refractivity contribution in [2.24, 2.45) is 0 Å². The lowest BCUT2D eigenvalue weighted by molar-refractivity contribution is 0.428. The van der Waals surface area contributed by atoms with Gasteiger partial charge in [0.25, 0.3) is 11.4 Å². The summed E-state index contributed by atoms with van der Waals surface area (Å²) < 4.78 is 4.71. The van der Waals surface area contributed by atoms with Crippen molar-refractivity contribution in [3.05, 3.63) is 28.8 Å². The molecule has 2 aromatic rings. The van der Waals surface area contributed by atoms with Gasteiger partial charge in [-0.05, 0) is 6.07 Å². The molecule has 2 aromatic heterocycles. The van der Waals surface area contributed by atoms with Crippen molar-refractivity contribution in [2.45, 2.75) is 0 Å². The van der Waals surface area contributed by atoms with Crippen LogP contribution in [0.5, 0.6) is 0 Å². The summed E-state index contributed by atoms with van der Waals surface area (Å²) >= 11 is 0. The fourth-order valence-corrected chi connectivity index (χ4v) is 0.750. The van der Waals surface area contributed by atoms with Crippen LogP contribution in [-0.4, -0.2) is 20.3 Å². The molecule has 0 aromatic carbocycles. The minimum absolute atomic E-state index is 0.265. The van der Waals surface area contributed by atoms with Crippen molar-refractivity contribution in [3.63, 3.8) is 0 Å². The van der Waals surface area contributed by atoms with Gasteiger partial charge in [0, 0.05) is 6.07 Å². The van der Waals surface area contributed by atoms with E-state index in [2.05, 4.69) is 20.3 Å². The van der Waals surface area contributed by atoms with Crippen molar-refractivity contribution in [1.29, 1.82) is 0 Å². The van der Waals surface area contributed by atoms with Gasteiger partial charge >= 0.3 is 0 Å². The summed E-state index contributed by atoms with van der Waals surface area (Å²) in [6.45, 7) is 0. The van der Waals surface area contributed by atoms with E-state index in [9.17, 15) is 4.79 Å². The quantitative estimate of drug-likeness (QED) is 0.631. The van der Waals surface area contributed by atoms with E-state index in [1.54, 1.807) is 0 Å². The molecule has 6 nitrogen and oxygen atoms in total. The van der Waals surface area contributed by atoms with Gasteiger partial charge in [0.1, 0.15) is 5.69 Å². The second-order valence-electron chi connectivity index (χ2n) is 2.05. The maximum atomic E-state index is 10.6. The zero-order valence-electron chi connectivity index (χ0n) is 5.89. The number of aromatic nitrogens is 4. The molecule has 0 aliphatic rings. The summed E-state index contributed by atoms with van der Waals surface area (Å²) in [6.07, 6.45) is 1.27. The number of hydrogen-bond acceptors (Lipinski definition) is 5. The molecule has 0 fully saturated rings. The lowest BCUT2D eigenvalue weighted by Crippen LogP contribution is -2.05. The Labute approximate surface area is 66.2 Å². The van der Waals surface area contributed by atoms with Gasteiger partial charge in [-0.3, -0.25) is 4.79 Å². The molecule has 0 saturated carbocycles. The highest BCUT2D eigenvalue weighted by Gasteiger charge is 2.03. The number of nitrogens with one attached hydrogen (secondary N) is 1. The largest absolute Gasteiger partial charge is 0.332 e. The summed E-state index contributed by atoms with van der Waals surface area (Å²) in [7, 11) is 0. The van der Waals surface area contributed by atoms with E-state index in [0.29, 0.717) is 5.69 Å². The molecule has 0 aliphatic heterocycles. The van der Waals surface area contributed by atoms with Crippen LogP contribution in [0.1, 0.15) is 0 Å². The summed E-state index contributed by atoms with van der Waals surface area (Å²) in [5, 5.41) is 9.34. The molecule has 2 rings (SSSR count). The van der Waals surface area contributed by atoms with Crippen LogP contribution < -0.4 is 5.56 Å². The number of H-pyrrole nitrogens is 1. The molecular formula is C6H4N4O2. The Hall–Kier alpha value is -1.98. The van der Waals surface area contributed by atoms with E-state index in [-0.39, 0.29) is 11.4 Å². The third-order valence-corrected chi connectivity index (χ3v) is 1.26. The molecule has 12 heavy (non-hydrogen) atoms. The lowest BCUT2D eigenvalue weighted by atomic mass is 10.4. The van der Waals surface area contributed by atoms with Crippen LogP contribution in [-0.2, 0) is 0 Å². The predicted molar refractivity (Wildman–Crippen MR) is 38.1 cm³/mol. The minimum atomic E-state index is -0.265. The zero-order chi connectivity index (χ0) is 8.39. The second kappa shape index (κ2) is 2.57. The molecule has 0 aliphatic carbocycles. The van der Waals surface area contributed by atoms with Crippen molar-refractivity contribution < 1.29 is 4.52 Å². The van der Waals surface area contributed by atoms with Gasteiger partial charge in [-0.15, -0.1) is 0 Å². The summed E-state index contributed by atoms with van der Waals surface area (Å²) in [4.78, 5) is 14.4. The first kappa shape index (κ1) is 6.71. The molecule has 0 amide bonds. The summed E-state index contributed by atoms with van der Waals surface area (Å²) in [5.41, 5.74) is 0.186.